The van der Waals surface area contributed by atoms with E-state index in [0.717, 1.165) is 0 Å². The maximum Gasteiger partial charge on any atom is 0.474 e. The van der Waals surface area contributed by atoms with Crippen molar-refractivity contribution < 1.29 is 36.8 Å². The molecule has 1 amide bonds. The Balaban J connectivity index is 1.67. The van der Waals surface area contributed by atoms with E-state index in [1.807, 2.05) is 12.1 Å². The number of carbonyl (C=O) groups excluding carboxylic acids is 1. The molecule has 16 heteroatoms. The number of ether oxygens (including phenoxy) is 2. The first kappa shape index (κ1) is 33.8. The molecular formula is C28H39N6O8PSi. The van der Waals surface area contributed by atoms with Crippen molar-refractivity contribution in [3.05, 3.63) is 48.5 Å². The SMILES string of the molecule is COC1[C@@H](COP(=O)(OC)OCCC#N)O[C@@H](n2cnc3c(NC(=O)c4ccccc4)ncnc32)[C@H]1O[Si](C)(C)C(C)(C)C. The fraction of sp³-hybridized carbons (Fsp3) is 0.536. The third kappa shape index (κ3) is 7.41. The van der Waals surface area contributed by atoms with Crippen molar-refractivity contribution in [3.63, 3.8) is 0 Å². The smallest absolute Gasteiger partial charge is 0.407 e. The van der Waals surface area contributed by atoms with Crippen molar-refractivity contribution in [2.24, 2.45) is 0 Å². The normalized spacial score (nSPS) is 22.0. The van der Waals surface area contributed by atoms with Gasteiger partial charge in [-0.2, -0.15) is 5.26 Å². The monoisotopic (exact) mass is 646 g/mol. The van der Waals surface area contributed by atoms with Crippen molar-refractivity contribution in [2.75, 3.05) is 32.8 Å². The number of methoxy groups -OCH3 is 1. The largest absolute Gasteiger partial charge is 0.474 e. The Kier molecular flexibility index (Phi) is 10.7. The number of hydrogen-bond donors (Lipinski definition) is 1. The van der Waals surface area contributed by atoms with Crippen LogP contribution in [0.4, 0.5) is 5.82 Å². The molecule has 1 aromatic carbocycles. The minimum absolute atomic E-state index is 0.0190. The van der Waals surface area contributed by atoms with Crippen molar-refractivity contribution in [1.82, 2.24) is 19.5 Å². The number of nitrogens with zero attached hydrogens (tertiary/aromatic N) is 5. The summed E-state index contributed by atoms with van der Waals surface area (Å²) < 4.78 is 49.8. The highest BCUT2D eigenvalue weighted by Gasteiger charge is 2.52. The molecule has 0 radical (unpaired) electrons. The highest BCUT2D eigenvalue weighted by atomic mass is 31.2. The van der Waals surface area contributed by atoms with Crippen LogP contribution < -0.4 is 5.32 Å². The predicted octanol–water partition coefficient (Wildman–Crippen LogP) is 5.08. The molecule has 0 aliphatic carbocycles. The molecule has 5 atom stereocenters. The number of imidazole rings is 1. The Morgan fingerprint density at radius 2 is 1.86 bits per heavy atom. The lowest BCUT2D eigenvalue weighted by molar-refractivity contribution is -0.0540. The maximum atomic E-state index is 13.0. The highest BCUT2D eigenvalue weighted by molar-refractivity contribution is 7.48. The first-order chi connectivity index (χ1) is 20.8. The fourth-order valence-electron chi connectivity index (χ4n) is 4.40. The summed E-state index contributed by atoms with van der Waals surface area (Å²) in [4.78, 5) is 26.1. The molecule has 0 spiro atoms. The summed E-state index contributed by atoms with van der Waals surface area (Å²) in [6, 6.07) is 10.7. The topological polar surface area (TPSA) is 169 Å². The second-order valence-corrected chi connectivity index (χ2v) is 18.2. The van der Waals surface area contributed by atoms with Crippen LogP contribution in [-0.2, 0) is 32.0 Å². The summed E-state index contributed by atoms with van der Waals surface area (Å²) in [6.45, 7) is 10.3. The van der Waals surface area contributed by atoms with Gasteiger partial charge in [0.25, 0.3) is 5.91 Å². The van der Waals surface area contributed by atoms with E-state index in [1.165, 1.54) is 20.5 Å². The summed E-state index contributed by atoms with van der Waals surface area (Å²) in [5.41, 5.74) is 1.22. The molecular weight excluding hydrogens is 607 g/mol. The van der Waals surface area contributed by atoms with Gasteiger partial charge in [0.1, 0.15) is 24.6 Å². The van der Waals surface area contributed by atoms with Gasteiger partial charge in [0.15, 0.2) is 31.5 Å². The van der Waals surface area contributed by atoms with E-state index < -0.39 is 40.7 Å². The zero-order valence-electron chi connectivity index (χ0n) is 25.9. The van der Waals surface area contributed by atoms with Gasteiger partial charge in [-0.25, -0.2) is 19.5 Å². The van der Waals surface area contributed by atoms with Gasteiger partial charge in [-0.1, -0.05) is 39.0 Å². The lowest BCUT2D eigenvalue weighted by atomic mass is 10.1. The highest BCUT2D eigenvalue weighted by Crippen LogP contribution is 2.50. The van der Waals surface area contributed by atoms with Crippen molar-refractivity contribution in [1.29, 1.82) is 5.26 Å². The Morgan fingerprint density at radius 1 is 1.14 bits per heavy atom. The molecule has 1 fully saturated rings. The van der Waals surface area contributed by atoms with Crippen LogP contribution in [-0.4, -0.2) is 79.5 Å². The molecule has 14 nitrogen and oxygen atoms in total. The lowest BCUT2D eigenvalue weighted by Crippen LogP contribution is -2.49. The van der Waals surface area contributed by atoms with Crippen LogP contribution in [0.5, 0.6) is 0 Å². The molecule has 0 bridgehead atoms. The number of nitriles is 1. The summed E-state index contributed by atoms with van der Waals surface area (Å²) in [5, 5.41) is 11.5. The number of benzene rings is 1. The zero-order chi connectivity index (χ0) is 32.1. The van der Waals surface area contributed by atoms with E-state index in [9.17, 15) is 9.36 Å². The third-order valence-electron chi connectivity index (χ3n) is 7.78. The van der Waals surface area contributed by atoms with Crippen LogP contribution in [0.15, 0.2) is 43.0 Å². The number of fused-ring (bicyclic) bond motifs is 1. The second-order valence-electron chi connectivity index (χ2n) is 11.6. The number of aromatic nitrogens is 4. The Bertz CT molecular complexity index is 1530. The molecule has 2 unspecified atom stereocenters. The minimum atomic E-state index is -3.97. The molecule has 3 heterocycles. The first-order valence-corrected chi connectivity index (χ1v) is 18.4. The van der Waals surface area contributed by atoms with Crippen molar-refractivity contribution >= 4 is 39.0 Å². The number of carbonyl (C=O) groups is 1. The quantitative estimate of drug-likeness (QED) is 0.149. The molecule has 2 aromatic heterocycles. The second kappa shape index (κ2) is 13.9. The van der Waals surface area contributed by atoms with Gasteiger partial charge in [0.2, 0.25) is 0 Å². The molecule has 3 aromatic rings. The van der Waals surface area contributed by atoms with Crippen LogP contribution in [0.3, 0.4) is 0 Å². The van der Waals surface area contributed by atoms with Crippen LogP contribution in [0, 0.1) is 11.3 Å². The van der Waals surface area contributed by atoms with E-state index in [4.69, 9.17) is 32.7 Å². The molecule has 238 valence electrons. The van der Waals surface area contributed by atoms with Gasteiger partial charge in [0.05, 0.1) is 32.0 Å². The standard InChI is InChI=1S/C28H39N6O8PSi/c1-28(2,3)44(6,7)42-23-22(37-4)20(16-40-43(36,38-5)39-15-11-14-29)41-27(23)34-18-32-21-24(30-17-31-25(21)34)33-26(35)19-12-9-8-10-13-19/h8-10,12-13,17-18,20,22-23,27H,11,15-16H2,1-7H3,(H,30,31,33,35)/t20-,22?,23+,27-,43?/m1/s1. The molecule has 4 rings (SSSR count). The number of hydrogen-bond acceptors (Lipinski definition) is 12. The van der Waals surface area contributed by atoms with Crippen LogP contribution in [0.25, 0.3) is 11.2 Å². The van der Waals surface area contributed by atoms with Gasteiger partial charge in [0, 0.05) is 19.8 Å². The maximum absolute atomic E-state index is 13.0. The van der Waals surface area contributed by atoms with Gasteiger partial charge in [-0.15, -0.1) is 0 Å². The molecule has 1 aliphatic heterocycles. The number of nitrogens with one attached hydrogen (secondary N) is 1. The Hall–Kier alpha value is -3.06. The third-order valence-corrected chi connectivity index (χ3v) is 13.7. The molecule has 1 saturated heterocycles. The predicted molar refractivity (Wildman–Crippen MR) is 163 cm³/mol. The van der Waals surface area contributed by atoms with E-state index >= 15 is 0 Å². The van der Waals surface area contributed by atoms with Crippen molar-refractivity contribution in [3.8, 4) is 6.07 Å². The van der Waals surface area contributed by atoms with Crippen molar-refractivity contribution in [2.45, 2.75) is 69.9 Å². The molecule has 1 aliphatic rings. The average Bonchev–Trinajstić information content (AvgIpc) is 3.57. The van der Waals surface area contributed by atoms with Crippen LogP contribution in [0.2, 0.25) is 18.1 Å². The number of phosphoric ester groups is 1. The fourth-order valence-corrected chi connectivity index (χ4v) is 6.62. The van der Waals surface area contributed by atoms with E-state index in [1.54, 1.807) is 35.2 Å². The number of amides is 1. The van der Waals surface area contributed by atoms with Crippen LogP contribution in [0.1, 0.15) is 43.8 Å². The Morgan fingerprint density at radius 3 is 2.50 bits per heavy atom. The van der Waals surface area contributed by atoms with E-state index in [0.29, 0.717) is 16.7 Å². The van der Waals surface area contributed by atoms with Gasteiger partial charge >= 0.3 is 7.82 Å². The first-order valence-electron chi connectivity index (χ1n) is 14.1. The number of anilines is 1. The Labute approximate surface area is 257 Å². The summed E-state index contributed by atoms with van der Waals surface area (Å²) >= 11 is 0. The van der Waals surface area contributed by atoms with Crippen LogP contribution >= 0.6 is 7.82 Å². The van der Waals surface area contributed by atoms with Gasteiger partial charge in [-0.05, 0) is 30.3 Å². The lowest BCUT2D eigenvalue weighted by Gasteiger charge is -2.40. The van der Waals surface area contributed by atoms with E-state index in [2.05, 4.69) is 54.1 Å². The summed E-state index contributed by atoms with van der Waals surface area (Å²) in [7, 11) is -3.63. The number of rotatable bonds is 13. The van der Waals surface area contributed by atoms with E-state index in [-0.39, 0.29) is 36.4 Å². The average molecular weight is 647 g/mol. The molecule has 44 heavy (non-hydrogen) atoms. The summed E-state index contributed by atoms with van der Waals surface area (Å²) in [5.74, 6) is -0.103. The van der Waals surface area contributed by atoms with Gasteiger partial charge < -0.3 is 19.2 Å². The zero-order valence-corrected chi connectivity index (χ0v) is 27.8. The number of phosphoric acid groups is 1. The van der Waals surface area contributed by atoms with Gasteiger partial charge in [-0.3, -0.25) is 22.9 Å². The molecule has 1 N–H and O–H groups in total. The molecule has 0 saturated carbocycles. The summed E-state index contributed by atoms with van der Waals surface area (Å²) in [6.07, 6.45) is 0.0413. The minimum Gasteiger partial charge on any atom is -0.407 e.